The molecule has 3 rings (SSSR count). The van der Waals surface area contributed by atoms with Crippen LogP contribution in [0.2, 0.25) is 0 Å². The van der Waals surface area contributed by atoms with E-state index in [1.807, 2.05) is 0 Å². The third-order valence-corrected chi connectivity index (χ3v) is 3.65. The summed E-state index contributed by atoms with van der Waals surface area (Å²) in [7, 11) is 0. The second kappa shape index (κ2) is 5.26. The number of nitrogens with zero attached hydrogens (tertiary/aromatic N) is 3. The molecule has 1 aliphatic carbocycles. The number of benzene rings is 1. The van der Waals surface area contributed by atoms with Gasteiger partial charge in [-0.15, -0.1) is 0 Å². The van der Waals surface area contributed by atoms with Crippen molar-refractivity contribution in [3.05, 3.63) is 41.8 Å². The average Bonchev–Trinajstić information content (AvgIpc) is 3.18. The van der Waals surface area contributed by atoms with E-state index in [0.717, 1.165) is 0 Å². The Morgan fingerprint density at radius 3 is 2.86 bits per heavy atom. The lowest BCUT2D eigenvalue weighted by atomic mass is 10.1. The molecule has 112 valence electrons. The molecule has 0 unspecified atom stereocenters. The predicted molar refractivity (Wildman–Crippen MR) is 76.4 cm³/mol. The normalized spacial score (nSPS) is 15.1. The quantitative estimate of drug-likeness (QED) is 0.814. The summed E-state index contributed by atoms with van der Waals surface area (Å²) in [5, 5.41) is 13.7. The summed E-state index contributed by atoms with van der Waals surface area (Å²) in [5.74, 6) is -0.912. The van der Waals surface area contributed by atoms with Crippen molar-refractivity contribution in [3.8, 4) is 17.3 Å². The highest BCUT2D eigenvalue weighted by Crippen LogP contribution is 2.44. The third kappa shape index (κ3) is 2.35. The van der Waals surface area contributed by atoms with E-state index in [2.05, 4.69) is 11.2 Å². The second-order valence-corrected chi connectivity index (χ2v) is 5.20. The topological polar surface area (TPSA) is 67.9 Å². The minimum Gasteiger partial charge on any atom is -0.461 e. The molecule has 1 heterocycles. The summed E-state index contributed by atoms with van der Waals surface area (Å²) in [5.41, 5.74) is 0.440. The van der Waals surface area contributed by atoms with Crippen molar-refractivity contribution in [1.29, 1.82) is 5.26 Å². The van der Waals surface area contributed by atoms with Gasteiger partial charge in [0.05, 0.1) is 18.4 Å². The van der Waals surface area contributed by atoms with Gasteiger partial charge in [-0.3, -0.25) is 0 Å². The lowest BCUT2D eigenvalue weighted by Crippen LogP contribution is -2.22. The number of hydrogen-bond acceptors (Lipinski definition) is 4. The van der Waals surface area contributed by atoms with E-state index < -0.39 is 11.5 Å². The summed E-state index contributed by atoms with van der Waals surface area (Å²) in [6.45, 7) is 1.95. The van der Waals surface area contributed by atoms with Crippen LogP contribution in [-0.2, 0) is 10.3 Å². The highest BCUT2D eigenvalue weighted by atomic mass is 19.1. The van der Waals surface area contributed by atoms with Crippen molar-refractivity contribution < 1.29 is 13.9 Å². The number of halogens is 1. The zero-order chi connectivity index (χ0) is 15.7. The number of carbonyl (C=O) groups excluding carboxylic acids is 1. The van der Waals surface area contributed by atoms with Gasteiger partial charge in [-0.1, -0.05) is 12.1 Å². The zero-order valence-corrected chi connectivity index (χ0v) is 12.0. The Hall–Kier alpha value is -2.68. The summed E-state index contributed by atoms with van der Waals surface area (Å²) in [6, 6.07) is 9.70. The standard InChI is InChI=1S/C16H14FN3O2/c1-2-22-15(21)14-9-13(11-4-3-5-12(17)8-11)19-20(14)16(10-18)6-7-16/h3-5,8-9H,2,6-7H2,1H3. The van der Waals surface area contributed by atoms with Crippen molar-refractivity contribution in [2.45, 2.75) is 25.3 Å². The molecule has 1 aromatic carbocycles. The number of rotatable bonds is 4. The summed E-state index contributed by atoms with van der Waals surface area (Å²) in [6.07, 6.45) is 1.28. The molecule has 6 heteroatoms. The van der Waals surface area contributed by atoms with Crippen LogP contribution in [0.15, 0.2) is 30.3 Å². The largest absolute Gasteiger partial charge is 0.461 e. The van der Waals surface area contributed by atoms with Gasteiger partial charge in [0.15, 0.2) is 0 Å². The zero-order valence-electron chi connectivity index (χ0n) is 12.0. The first-order valence-electron chi connectivity index (χ1n) is 7.04. The van der Waals surface area contributed by atoms with Crippen LogP contribution < -0.4 is 0 Å². The predicted octanol–water partition coefficient (Wildman–Crippen LogP) is 2.88. The van der Waals surface area contributed by atoms with Gasteiger partial charge in [-0.2, -0.15) is 10.4 Å². The van der Waals surface area contributed by atoms with E-state index in [4.69, 9.17) is 4.74 Å². The van der Waals surface area contributed by atoms with Crippen LogP contribution in [0.4, 0.5) is 4.39 Å². The lowest BCUT2D eigenvalue weighted by molar-refractivity contribution is 0.0509. The monoisotopic (exact) mass is 299 g/mol. The molecule has 1 aliphatic rings. The molecule has 0 amide bonds. The van der Waals surface area contributed by atoms with Crippen molar-refractivity contribution in [1.82, 2.24) is 9.78 Å². The fourth-order valence-electron chi connectivity index (χ4n) is 2.34. The number of esters is 1. The van der Waals surface area contributed by atoms with E-state index >= 15 is 0 Å². The molecule has 2 aromatic rings. The van der Waals surface area contributed by atoms with Gasteiger partial charge >= 0.3 is 5.97 Å². The number of aromatic nitrogens is 2. The highest BCUT2D eigenvalue weighted by molar-refractivity contribution is 5.89. The van der Waals surface area contributed by atoms with Crippen LogP contribution >= 0.6 is 0 Å². The molecule has 5 nitrogen and oxygen atoms in total. The van der Waals surface area contributed by atoms with Gasteiger partial charge in [-0.05, 0) is 38.0 Å². The van der Waals surface area contributed by atoms with Crippen molar-refractivity contribution >= 4 is 5.97 Å². The molecular formula is C16H14FN3O2. The van der Waals surface area contributed by atoms with Crippen LogP contribution in [-0.4, -0.2) is 22.4 Å². The van der Waals surface area contributed by atoms with Crippen LogP contribution in [0.3, 0.4) is 0 Å². The molecule has 1 aromatic heterocycles. The molecule has 0 aliphatic heterocycles. The van der Waals surface area contributed by atoms with Gasteiger partial charge in [0.2, 0.25) is 0 Å². The third-order valence-electron chi connectivity index (χ3n) is 3.65. The molecule has 1 fully saturated rings. The molecule has 0 saturated heterocycles. The van der Waals surface area contributed by atoms with E-state index in [-0.39, 0.29) is 18.1 Å². The van der Waals surface area contributed by atoms with Crippen LogP contribution in [0.25, 0.3) is 11.3 Å². The number of ether oxygens (including phenoxy) is 1. The molecule has 0 bridgehead atoms. The minimum absolute atomic E-state index is 0.222. The van der Waals surface area contributed by atoms with E-state index in [1.165, 1.54) is 16.8 Å². The van der Waals surface area contributed by atoms with Crippen LogP contribution in [0.1, 0.15) is 30.3 Å². The number of nitriles is 1. The maximum Gasteiger partial charge on any atom is 0.356 e. The van der Waals surface area contributed by atoms with E-state index in [9.17, 15) is 14.4 Å². The van der Waals surface area contributed by atoms with E-state index in [0.29, 0.717) is 24.1 Å². The Bertz CT molecular complexity index is 772. The van der Waals surface area contributed by atoms with Gasteiger partial charge in [0, 0.05) is 5.56 Å². The Balaban J connectivity index is 2.09. The van der Waals surface area contributed by atoms with E-state index in [1.54, 1.807) is 25.1 Å². The fourth-order valence-corrected chi connectivity index (χ4v) is 2.34. The Morgan fingerprint density at radius 2 is 2.27 bits per heavy atom. The smallest absolute Gasteiger partial charge is 0.356 e. The van der Waals surface area contributed by atoms with Gasteiger partial charge in [0.1, 0.15) is 17.1 Å². The Kier molecular flexibility index (Phi) is 3.41. The van der Waals surface area contributed by atoms with Crippen molar-refractivity contribution in [3.63, 3.8) is 0 Å². The Morgan fingerprint density at radius 1 is 1.50 bits per heavy atom. The molecular weight excluding hydrogens is 285 g/mol. The highest BCUT2D eigenvalue weighted by Gasteiger charge is 2.48. The average molecular weight is 299 g/mol. The van der Waals surface area contributed by atoms with Crippen LogP contribution in [0, 0.1) is 17.1 Å². The number of hydrogen-bond donors (Lipinski definition) is 0. The maximum absolute atomic E-state index is 13.4. The van der Waals surface area contributed by atoms with Crippen molar-refractivity contribution in [2.24, 2.45) is 0 Å². The molecule has 0 radical (unpaired) electrons. The molecule has 0 N–H and O–H groups in total. The minimum atomic E-state index is -0.784. The first kappa shape index (κ1) is 14.3. The summed E-state index contributed by atoms with van der Waals surface area (Å²) >= 11 is 0. The molecule has 0 atom stereocenters. The maximum atomic E-state index is 13.4. The first-order valence-corrected chi connectivity index (χ1v) is 7.04. The van der Waals surface area contributed by atoms with Crippen LogP contribution in [0.5, 0.6) is 0 Å². The first-order chi connectivity index (χ1) is 10.6. The number of carbonyl (C=O) groups is 1. The lowest BCUT2D eigenvalue weighted by Gasteiger charge is -2.10. The van der Waals surface area contributed by atoms with Gasteiger partial charge in [0.25, 0.3) is 0 Å². The summed E-state index contributed by atoms with van der Waals surface area (Å²) in [4.78, 5) is 12.1. The molecule has 0 spiro atoms. The SMILES string of the molecule is CCOC(=O)c1cc(-c2cccc(F)c2)nn1C1(C#N)CC1. The van der Waals surface area contributed by atoms with Gasteiger partial charge in [-0.25, -0.2) is 13.9 Å². The summed E-state index contributed by atoms with van der Waals surface area (Å²) < 4.78 is 19.8. The fraction of sp³-hybridized carbons (Fsp3) is 0.312. The van der Waals surface area contributed by atoms with Gasteiger partial charge < -0.3 is 4.74 Å². The Labute approximate surface area is 126 Å². The molecule has 1 saturated carbocycles. The van der Waals surface area contributed by atoms with Crippen molar-refractivity contribution in [2.75, 3.05) is 6.61 Å². The molecule has 22 heavy (non-hydrogen) atoms. The second-order valence-electron chi connectivity index (χ2n) is 5.20.